The highest BCUT2D eigenvalue weighted by molar-refractivity contribution is 5.76. The van der Waals surface area contributed by atoms with E-state index in [0.717, 1.165) is 53.9 Å². The number of anilines is 2. The highest BCUT2D eigenvalue weighted by Crippen LogP contribution is 2.49. The molecule has 3 N–H and O–H groups in total. The summed E-state index contributed by atoms with van der Waals surface area (Å²) in [6.07, 6.45) is -2.86. The molecule has 198 valence electrons. The number of aliphatic hydroxyl groups is 1. The van der Waals surface area contributed by atoms with Gasteiger partial charge in [-0.05, 0) is 66.3 Å². The highest BCUT2D eigenvalue weighted by Gasteiger charge is 2.45. The van der Waals surface area contributed by atoms with Gasteiger partial charge >= 0.3 is 6.18 Å². The maximum absolute atomic E-state index is 13.2. The first-order valence-electron chi connectivity index (χ1n) is 12.9. The summed E-state index contributed by atoms with van der Waals surface area (Å²) >= 11 is 0. The highest BCUT2D eigenvalue weighted by atomic mass is 19.4. The number of nitrogens with two attached hydrogens (primary N) is 1. The second kappa shape index (κ2) is 9.97. The molecule has 2 heterocycles. The van der Waals surface area contributed by atoms with E-state index in [9.17, 15) is 23.5 Å². The summed E-state index contributed by atoms with van der Waals surface area (Å²) in [6.45, 7) is 4.76. The number of rotatable bonds is 5. The minimum Gasteiger partial charge on any atom is -0.392 e. The number of hydrogen-bond acceptors (Lipinski definition) is 5. The van der Waals surface area contributed by atoms with Gasteiger partial charge in [-0.25, -0.2) is 0 Å². The largest absolute Gasteiger partial charge is 0.416 e. The van der Waals surface area contributed by atoms with Crippen LogP contribution in [0, 0.1) is 11.3 Å². The summed E-state index contributed by atoms with van der Waals surface area (Å²) in [5, 5.41) is 19.4. The fourth-order valence-corrected chi connectivity index (χ4v) is 6.08. The molecule has 2 aliphatic heterocycles. The van der Waals surface area contributed by atoms with Gasteiger partial charge in [0, 0.05) is 43.3 Å². The van der Waals surface area contributed by atoms with Gasteiger partial charge in [0.1, 0.15) is 6.07 Å². The van der Waals surface area contributed by atoms with Gasteiger partial charge in [-0.15, -0.1) is 0 Å². The Hall–Kier alpha value is -3.54. The molecule has 0 saturated carbocycles. The van der Waals surface area contributed by atoms with E-state index in [2.05, 4.69) is 23.1 Å². The lowest BCUT2D eigenvalue weighted by Gasteiger charge is -2.41. The topological polar surface area (TPSA) is 76.5 Å². The summed E-state index contributed by atoms with van der Waals surface area (Å²) in [4.78, 5) is 4.38. The molecule has 2 aliphatic rings. The molecule has 5 rings (SSSR count). The predicted molar refractivity (Wildman–Crippen MR) is 143 cm³/mol. The number of nitriles is 1. The summed E-state index contributed by atoms with van der Waals surface area (Å²) < 4.78 is 39.5. The van der Waals surface area contributed by atoms with E-state index >= 15 is 0 Å². The minimum atomic E-state index is -4.48. The van der Waals surface area contributed by atoms with Crippen LogP contribution in [0.5, 0.6) is 0 Å². The van der Waals surface area contributed by atoms with E-state index in [-0.39, 0.29) is 23.6 Å². The lowest BCUT2D eigenvalue weighted by atomic mass is 9.74. The Morgan fingerprint density at radius 1 is 1.05 bits per heavy atom. The molecule has 0 radical (unpaired) electrons. The van der Waals surface area contributed by atoms with Crippen LogP contribution in [0.3, 0.4) is 0 Å². The molecule has 38 heavy (non-hydrogen) atoms. The first-order valence-corrected chi connectivity index (χ1v) is 12.9. The van der Waals surface area contributed by atoms with Crippen LogP contribution in [-0.2, 0) is 18.2 Å². The van der Waals surface area contributed by atoms with Crippen molar-refractivity contribution >= 4 is 11.4 Å². The van der Waals surface area contributed by atoms with Crippen LogP contribution in [0.2, 0.25) is 0 Å². The third-order valence-corrected chi connectivity index (χ3v) is 7.92. The van der Waals surface area contributed by atoms with Gasteiger partial charge in [0.2, 0.25) is 0 Å². The molecule has 0 unspecified atom stereocenters. The Morgan fingerprint density at radius 2 is 1.79 bits per heavy atom. The van der Waals surface area contributed by atoms with Crippen LogP contribution in [-0.4, -0.2) is 37.3 Å². The van der Waals surface area contributed by atoms with Crippen molar-refractivity contribution in [3.05, 3.63) is 82.9 Å². The standard InChI is InChI=1S/C30H31F3N4O/c1-20(35)17-37-19-29(26-8-6-21(15-28(26)37)25-5-3-2-4-22(25)18-38)10-12-36(13-11-29)27-9-7-24(30(31,32)33)14-23(27)16-34/h2-9,14-15,20,38H,10-13,17-19,35H2,1H3/t20-/m1/s1. The van der Waals surface area contributed by atoms with Crippen LogP contribution in [0.4, 0.5) is 24.5 Å². The van der Waals surface area contributed by atoms with Crippen molar-refractivity contribution in [2.24, 2.45) is 5.73 Å². The van der Waals surface area contributed by atoms with Crippen molar-refractivity contribution in [3.63, 3.8) is 0 Å². The maximum atomic E-state index is 13.2. The average Bonchev–Trinajstić information content (AvgIpc) is 3.19. The number of nitrogens with zero attached hydrogens (tertiary/aromatic N) is 3. The molecule has 1 saturated heterocycles. The fraction of sp³-hybridized carbons (Fsp3) is 0.367. The fourth-order valence-electron chi connectivity index (χ4n) is 6.08. The van der Waals surface area contributed by atoms with E-state index < -0.39 is 11.7 Å². The molecule has 1 fully saturated rings. The lowest BCUT2D eigenvalue weighted by Crippen LogP contribution is -2.46. The number of piperidine rings is 1. The molecule has 0 aliphatic carbocycles. The Labute approximate surface area is 220 Å². The van der Waals surface area contributed by atoms with Crippen molar-refractivity contribution in [2.75, 3.05) is 36.0 Å². The van der Waals surface area contributed by atoms with E-state index in [4.69, 9.17) is 5.73 Å². The zero-order valence-corrected chi connectivity index (χ0v) is 21.3. The molecule has 5 nitrogen and oxygen atoms in total. The zero-order chi connectivity index (χ0) is 27.1. The summed E-state index contributed by atoms with van der Waals surface area (Å²) in [7, 11) is 0. The summed E-state index contributed by atoms with van der Waals surface area (Å²) in [5.74, 6) is 0. The Bertz CT molecular complexity index is 1370. The van der Waals surface area contributed by atoms with Gasteiger partial charge in [0.15, 0.2) is 0 Å². The molecule has 0 bridgehead atoms. The van der Waals surface area contributed by atoms with Gasteiger partial charge in [-0.1, -0.05) is 36.4 Å². The van der Waals surface area contributed by atoms with Crippen molar-refractivity contribution in [3.8, 4) is 17.2 Å². The normalized spacial score (nSPS) is 17.4. The van der Waals surface area contributed by atoms with Crippen LogP contribution < -0.4 is 15.5 Å². The van der Waals surface area contributed by atoms with E-state index in [1.54, 1.807) is 0 Å². The molecule has 3 aromatic carbocycles. The number of fused-ring (bicyclic) bond motifs is 2. The molecule has 0 aromatic heterocycles. The lowest BCUT2D eigenvalue weighted by molar-refractivity contribution is -0.137. The smallest absolute Gasteiger partial charge is 0.392 e. The SMILES string of the molecule is C[C@@H](N)CN1CC2(CCN(c3ccc(C(F)(F)F)cc3C#N)CC2)c2ccc(-c3ccccc3CO)cc21. The third kappa shape index (κ3) is 4.72. The second-order valence-corrected chi connectivity index (χ2v) is 10.5. The molecule has 3 aromatic rings. The zero-order valence-electron chi connectivity index (χ0n) is 21.3. The van der Waals surface area contributed by atoms with Crippen molar-refractivity contribution < 1.29 is 18.3 Å². The summed E-state index contributed by atoms with van der Waals surface area (Å²) in [6, 6.07) is 19.7. The quantitative estimate of drug-likeness (QED) is 0.469. The molecule has 0 amide bonds. The third-order valence-electron chi connectivity index (χ3n) is 7.92. The first kappa shape index (κ1) is 26.1. The number of hydrogen-bond donors (Lipinski definition) is 2. The monoisotopic (exact) mass is 520 g/mol. The van der Waals surface area contributed by atoms with E-state index in [1.807, 2.05) is 42.2 Å². The Balaban J connectivity index is 1.45. The molecule has 8 heteroatoms. The molecule has 1 spiro atoms. The van der Waals surface area contributed by atoms with Crippen LogP contribution >= 0.6 is 0 Å². The molecular formula is C30H31F3N4O. The van der Waals surface area contributed by atoms with Crippen LogP contribution in [0.25, 0.3) is 11.1 Å². The number of halogens is 3. The molecular weight excluding hydrogens is 489 g/mol. The summed E-state index contributed by atoms with van der Waals surface area (Å²) in [5.41, 5.74) is 11.2. The number of benzene rings is 3. The Morgan fingerprint density at radius 3 is 2.45 bits per heavy atom. The van der Waals surface area contributed by atoms with Gasteiger partial charge in [-0.2, -0.15) is 18.4 Å². The van der Waals surface area contributed by atoms with E-state index in [1.165, 1.54) is 11.6 Å². The van der Waals surface area contributed by atoms with Gasteiger partial charge in [0.25, 0.3) is 0 Å². The number of alkyl halides is 3. The van der Waals surface area contributed by atoms with Crippen molar-refractivity contribution in [2.45, 2.75) is 44.0 Å². The molecule has 1 atom stereocenters. The van der Waals surface area contributed by atoms with Gasteiger partial charge in [0.05, 0.1) is 23.4 Å². The van der Waals surface area contributed by atoms with Crippen molar-refractivity contribution in [1.29, 1.82) is 5.26 Å². The van der Waals surface area contributed by atoms with Gasteiger partial charge < -0.3 is 20.6 Å². The average molecular weight is 521 g/mol. The maximum Gasteiger partial charge on any atom is 0.416 e. The van der Waals surface area contributed by atoms with Crippen LogP contribution in [0.1, 0.15) is 42.0 Å². The Kier molecular flexibility index (Phi) is 6.84. The first-order chi connectivity index (χ1) is 18.1. The van der Waals surface area contributed by atoms with Crippen LogP contribution in [0.15, 0.2) is 60.7 Å². The second-order valence-electron chi connectivity index (χ2n) is 10.5. The minimum absolute atomic E-state index is 0.0168. The van der Waals surface area contributed by atoms with Crippen molar-refractivity contribution in [1.82, 2.24) is 0 Å². The van der Waals surface area contributed by atoms with Gasteiger partial charge in [-0.3, -0.25) is 0 Å². The number of aliphatic hydroxyl groups excluding tert-OH is 1. The van der Waals surface area contributed by atoms with E-state index in [0.29, 0.717) is 25.3 Å². The predicted octanol–water partition coefficient (Wildman–Crippen LogP) is 5.44.